The molecule has 0 unspecified atom stereocenters. The van der Waals surface area contributed by atoms with Crippen molar-refractivity contribution in [2.24, 2.45) is 0 Å². The Morgan fingerprint density at radius 1 is 0.820 bits per heavy atom. The van der Waals surface area contributed by atoms with Crippen molar-refractivity contribution < 1.29 is 42.1 Å². The number of aliphatic carboxylic acids is 2. The first-order chi connectivity index (χ1) is 23.5. The highest BCUT2D eigenvalue weighted by atomic mass is 32.3. The van der Waals surface area contributed by atoms with Crippen LogP contribution in [-0.2, 0) is 33.1 Å². The maximum atomic E-state index is 12.8. The van der Waals surface area contributed by atoms with E-state index in [4.69, 9.17) is 34.1 Å². The van der Waals surface area contributed by atoms with E-state index in [1.54, 1.807) is 17.0 Å². The smallest absolute Gasteiger partial charge is 0.394 e. The molecule has 0 fully saturated rings. The number of anilines is 3. The van der Waals surface area contributed by atoms with Gasteiger partial charge in [-0.05, 0) is 30.7 Å². The molecule has 0 saturated carbocycles. The van der Waals surface area contributed by atoms with Crippen molar-refractivity contribution in [3.63, 3.8) is 0 Å². The molecule has 0 saturated heterocycles. The van der Waals surface area contributed by atoms with Gasteiger partial charge in [0.05, 0.1) is 36.9 Å². The molecule has 23 nitrogen and oxygen atoms in total. The Labute approximate surface area is 278 Å². The molecule has 5 aromatic rings. The van der Waals surface area contributed by atoms with Gasteiger partial charge in [-0.15, -0.1) is 0 Å². The molecule has 0 spiro atoms. The number of H-pyrrole nitrogens is 2. The molecule has 50 heavy (non-hydrogen) atoms. The Morgan fingerprint density at radius 2 is 1.28 bits per heavy atom. The Kier molecular flexibility index (Phi) is 10.9. The lowest BCUT2D eigenvalue weighted by Gasteiger charge is -2.24. The Bertz CT molecular complexity index is 2210. The molecule has 0 aliphatic heterocycles. The van der Waals surface area contributed by atoms with E-state index in [9.17, 15) is 29.1 Å². The lowest BCUT2D eigenvalue weighted by atomic mass is 10.1. The number of amides is 1. The first-order valence-corrected chi connectivity index (χ1v) is 15.2. The van der Waals surface area contributed by atoms with Gasteiger partial charge in [-0.25, -0.2) is 24.7 Å². The average Bonchev–Trinajstić information content (AvgIpc) is 3.02. The quantitative estimate of drug-likeness (QED) is 0.0703. The maximum absolute atomic E-state index is 12.8. The van der Waals surface area contributed by atoms with Crippen molar-refractivity contribution in [3.05, 3.63) is 74.3 Å². The molecule has 0 radical (unpaired) electrons. The fourth-order valence-corrected chi connectivity index (χ4v) is 4.31. The molecule has 5 rings (SSSR count). The number of hydrogen-bond acceptors (Lipinski definition) is 16. The van der Waals surface area contributed by atoms with E-state index in [0.29, 0.717) is 17.1 Å². The maximum Gasteiger partial charge on any atom is 0.394 e. The SMILES string of the molecule is Nc1nc2ncc(CN(Cc3cnc4nc(N)[nH]c(=O)c4n3)c3ccc(C(=O)N[C@@H](CCC(=O)O)C(=O)O)cc3)nc2c(=O)[nH]1.O=S(=O)(O)O. The normalized spacial score (nSPS) is 11.7. The van der Waals surface area contributed by atoms with Crippen LogP contribution in [0.5, 0.6) is 0 Å². The third-order valence-electron chi connectivity index (χ3n) is 6.42. The number of nitrogens with two attached hydrogens (primary N) is 2. The summed E-state index contributed by atoms with van der Waals surface area (Å²) in [6.07, 6.45) is 2.09. The highest BCUT2D eigenvalue weighted by Gasteiger charge is 2.22. The van der Waals surface area contributed by atoms with Gasteiger partial charge in [0.1, 0.15) is 6.04 Å². The van der Waals surface area contributed by atoms with Gasteiger partial charge in [0.2, 0.25) is 11.9 Å². The van der Waals surface area contributed by atoms with Gasteiger partial charge in [-0.3, -0.25) is 38.3 Å². The molecule has 4 heterocycles. The van der Waals surface area contributed by atoms with Crippen LogP contribution in [0.3, 0.4) is 0 Å². The first kappa shape index (κ1) is 36.2. The third kappa shape index (κ3) is 9.92. The van der Waals surface area contributed by atoms with E-state index in [1.165, 1.54) is 24.5 Å². The predicted molar refractivity (Wildman–Crippen MR) is 171 cm³/mol. The van der Waals surface area contributed by atoms with E-state index in [-0.39, 0.29) is 59.3 Å². The van der Waals surface area contributed by atoms with E-state index < -0.39 is 51.8 Å². The summed E-state index contributed by atoms with van der Waals surface area (Å²) in [7, 11) is -4.67. The van der Waals surface area contributed by atoms with Gasteiger partial charge in [0.15, 0.2) is 22.3 Å². The number of carbonyl (C=O) groups is 3. The molecule has 4 aromatic heterocycles. The van der Waals surface area contributed by atoms with Crippen molar-refractivity contribution in [1.82, 2.24) is 45.2 Å². The van der Waals surface area contributed by atoms with Crippen LogP contribution in [0.1, 0.15) is 34.6 Å². The summed E-state index contributed by atoms with van der Waals surface area (Å²) in [5.41, 5.74) is 11.4. The molecule has 0 aliphatic rings. The number of carboxylic acid groups (broad SMARTS) is 2. The second kappa shape index (κ2) is 15.0. The molecular formula is C26H26N12O11S. The lowest BCUT2D eigenvalue weighted by Crippen LogP contribution is -2.41. The zero-order valence-corrected chi connectivity index (χ0v) is 26.0. The van der Waals surface area contributed by atoms with Gasteiger partial charge in [0.25, 0.3) is 17.0 Å². The second-order valence-corrected chi connectivity index (χ2v) is 11.0. The molecule has 1 aromatic carbocycles. The van der Waals surface area contributed by atoms with Crippen LogP contribution in [0.2, 0.25) is 0 Å². The van der Waals surface area contributed by atoms with Crippen LogP contribution in [0.25, 0.3) is 22.3 Å². The van der Waals surface area contributed by atoms with Gasteiger partial charge in [-0.1, -0.05) is 0 Å². The van der Waals surface area contributed by atoms with E-state index in [1.807, 2.05) is 0 Å². The van der Waals surface area contributed by atoms with Crippen molar-refractivity contribution in [3.8, 4) is 0 Å². The summed E-state index contributed by atoms with van der Waals surface area (Å²) in [5.74, 6) is -3.50. The zero-order valence-electron chi connectivity index (χ0n) is 25.2. The topological polar surface area (TPSA) is 377 Å². The average molecular weight is 715 g/mol. The fourth-order valence-electron chi connectivity index (χ4n) is 4.31. The van der Waals surface area contributed by atoms with E-state index in [2.05, 4.69) is 45.2 Å². The van der Waals surface area contributed by atoms with Crippen molar-refractivity contribution in [2.45, 2.75) is 32.0 Å². The van der Waals surface area contributed by atoms with E-state index in [0.717, 1.165) is 0 Å². The van der Waals surface area contributed by atoms with Crippen molar-refractivity contribution in [1.29, 1.82) is 0 Å². The van der Waals surface area contributed by atoms with Crippen LogP contribution in [0, 0.1) is 0 Å². The third-order valence-corrected chi connectivity index (χ3v) is 6.42. The number of benzene rings is 1. The number of nitrogen functional groups attached to an aromatic ring is 2. The molecule has 24 heteroatoms. The number of nitrogens with one attached hydrogen (secondary N) is 3. The number of rotatable bonds is 11. The number of carboxylic acids is 2. The number of aromatic amines is 2. The number of nitrogens with zero attached hydrogens (tertiary/aromatic N) is 7. The number of fused-ring (bicyclic) bond motifs is 2. The monoisotopic (exact) mass is 714 g/mol. The van der Waals surface area contributed by atoms with Crippen LogP contribution in [0.15, 0.2) is 46.2 Å². The van der Waals surface area contributed by atoms with Gasteiger partial charge < -0.3 is 31.9 Å². The predicted octanol–water partition coefficient (Wildman–Crippen LogP) is -1.49. The molecular weight excluding hydrogens is 688 g/mol. The molecule has 11 N–H and O–H groups in total. The number of aromatic nitrogens is 8. The molecule has 262 valence electrons. The summed E-state index contributed by atoms with van der Waals surface area (Å²) in [6, 6.07) is 4.65. The van der Waals surface area contributed by atoms with E-state index >= 15 is 0 Å². The Hall–Kier alpha value is -6.66. The van der Waals surface area contributed by atoms with Gasteiger partial charge in [-0.2, -0.15) is 18.4 Å². The van der Waals surface area contributed by atoms with Gasteiger partial charge in [0, 0.05) is 17.7 Å². The minimum absolute atomic E-state index is 0.0368. The Balaban J connectivity index is 0.00000105. The van der Waals surface area contributed by atoms with Crippen LogP contribution >= 0.6 is 0 Å². The highest BCUT2D eigenvalue weighted by molar-refractivity contribution is 7.79. The van der Waals surface area contributed by atoms with Crippen LogP contribution in [0.4, 0.5) is 17.6 Å². The zero-order chi connectivity index (χ0) is 36.7. The molecule has 0 aliphatic carbocycles. The standard InChI is InChI=1S/C26H24N12O7.H2O4S/c27-25-34-19-17(22(42)36-25)31-12(7-29-19)9-38(10-13-8-30-20-18(32-13)23(43)37-26(28)35-20)14-3-1-11(2-4-14)21(41)33-15(24(44)45)5-6-16(39)40;1-5(2,3)4/h1-4,7-8,15H,5-6,9-10H2,(H,33,41)(H,39,40)(H,44,45)(H3,27,29,34,36,42)(H3,28,30,35,37,43);(H2,1,2,3,4)/t15-;/m0./s1. The van der Waals surface area contributed by atoms with Crippen LogP contribution < -0.4 is 32.8 Å². The van der Waals surface area contributed by atoms with Crippen molar-refractivity contribution >= 4 is 68.2 Å². The summed E-state index contributed by atoms with van der Waals surface area (Å²) in [6.45, 7) is 0.120. The Morgan fingerprint density at radius 3 is 1.70 bits per heavy atom. The first-order valence-electron chi connectivity index (χ1n) is 13.8. The minimum Gasteiger partial charge on any atom is -0.481 e. The summed E-state index contributed by atoms with van der Waals surface area (Å²) >= 11 is 0. The molecule has 1 amide bonds. The van der Waals surface area contributed by atoms with Crippen molar-refractivity contribution in [2.75, 3.05) is 16.4 Å². The van der Waals surface area contributed by atoms with Gasteiger partial charge >= 0.3 is 22.3 Å². The lowest BCUT2D eigenvalue weighted by molar-refractivity contribution is -0.140. The highest BCUT2D eigenvalue weighted by Crippen LogP contribution is 2.21. The number of carbonyl (C=O) groups excluding carboxylic acids is 1. The molecule has 1 atom stereocenters. The summed E-state index contributed by atoms with van der Waals surface area (Å²) < 4.78 is 31.6. The summed E-state index contributed by atoms with van der Waals surface area (Å²) in [5, 5.41) is 20.6. The minimum atomic E-state index is -4.67. The largest absolute Gasteiger partial charge is 0.481 e. The van der Waals surface area contributed by atoms with Crippen LogP contribution in [-0.4, -0.2) is 91.5 Å². The summed E-state index contributed by atoms with van der Waals surface area (Å²) in [4.78, 5) is 91.5. The number of hydrogen-bond donors (Lipinski definition) is 9. The second-order valence-electron chi connectivity index (χ2n) is 10.1. The fraction of sp³-hybridized carbons (Fsp3) is 0.192. The molecule has 0 bridgehead atoms.